The fourth-order valence-corrected chi connectivity index (χ4v) is 5.03. The van der Waals surface area contributed by atoms with Crippen LogP contribution in [0.5, 0.6) is 5.75 Å². The van der Waals surface area contributed by atoms with E-state index in [1.54, 1.807) is 32.0 Å². The monoisotopic (exact) mass is 404 g/mol. The molecular formula is C20H24N2O5S. The number of hydrogen-bond donors (Lipinski definition) is 1. The minimum Gasteiger partial charge on any atom is -0.494 e. The average Bonchev–Trinajstić information content (AvgIpc) is 3.05. The van der Waals surface area contributed by atoms with E-state index >= 15 is 0 Å². The quantitative estimate of drug-likeness (QED) is 0.822. The summed E-state index contributed by atoms with van der Waals surface area (Å²) < 4.78 is 39.2. The van der Waals surface area contributed by atoms with E-state index in [9.17, 15) is 13.2 Å². The molecule has 0 radical (unpaired) electrons. The van der Waals surface area contributed by atoms with Gasteiger partial charge in [0.1, 0.15) is 12.4 Å². The van der Waals surface area contributed by atoms with Gasteiger partial charge in [0.15, 0.2) is 0 Å². The number of cyclic esters (lactones) is 1. The topological polar surface area (TPSA) is 84.9 Å². The van der Waals surface area contributed by atoms with E-state index in [1.807, 2.05) is 19.9 Å². The Hall–Kier alpha value is -2.74. The van der Waals surface area contributed by atoms with Crippen LogP contribution in [0.15, 0.2) is 29.2 Å². The number of carbonyl (C=O) groups is 1. The SMILES string of the molecule is COc1cc(NS(=O)(=O)c2c(C)c(C)cc(C)c2C)ccc1N1CCOC1=O. The van der Waals surface area contributed by atoms with Crippen LogP contribution < -0.4 is 14.4 Å². The summed E-state index contributed by atoms with van der Waals surface area (Å²) in [5, 5.41) is 0. The summed E-state index contributed by atoms with van der Waals surface area (Å²) in [6, 6.07) is 6.79. The van der Waals surface area contributed by atoms with E-state index in [0.29, 0.717) is 30.3 Å². The normalized spacial score (nSPS) is 14.2. The summed E-state index contributed by atoms with van der Waals surface area (Å²) in [6.45, 7) is 8.13. The van der Waals surface area contributed by atoms with Crippen molar-refractivity contribution in [2.45, 2.75) is 32.6 Å². The molecule has 2 aromatic rings. The Labute approximate surface area is 165 Å². The summed E-state index contributed by atoms with van der Waals surface area (Å²) in [5.74, 6) is 0.382. The molecule has 0 aromatic heterocycles. The standard InChI is InChI=1S/C20H24N2O5S/c1-12-10-13(2)15(4)19(14(12)3)28(24,25)21-16-6-7-17(18(11-16)26-5)22-8-9-27-20(22)23/h6-7,10-11,21H,8-9H2,1-5H3. The highest BCUT2D eigenvalue weighted by Crippen LogP contribution is 2.34. The number of carbonyl (C=O) groups excluding carboxylic acids is 1. The molecule has 1 N–H and O–H groups in total. The number of sulfonamides is 1. The van der Waals surface area contributed by atoms with Crippen molar-refractivity contribution in [3.8, 4) is 5.75 Å². The van der Waals surface area contributed by atoms with Crippen LogP contribution in [0.2, 0.25) is 0 Å². The lowest BCUT2D eigenvalue weighted by molar-refractivity contribution is 0.181. The summed E-state index contributed by atoms with van der Waals surface area (Å²) in [7, 11) is -2.33. The van der Waals surface area contributed by atoms with Crippen LogP contribution in [-0.2, 0) is 14.8 Å². The van der Waals surface area contributed by atoms with Gasteiger partial charge in [-0.3, -0.25) is 9.62 Å². The maximum absolute atomic E-state index is 13.1. The van der Waals surface area contributed by atoms with E-state index in [4.69, 9.17) is 9.47 Å². The van der Waals surface area contributed by atoms with Crippen molar-refractivity contribution < 1.29 is 22.7 Å². The molecule has 2 aromatic carbocycles. The number of hydrogen-bond acceptors (Lipinski definition) is 5. The minimum absolute atomic E-state index is 0.288. The van der Waals surface area contributed by atoms with Crippen LogP contribution in [0.4, 0.5) is 16.2 Å². The predicted octanol–water partition coefficient (Wildman–Crippen LogP) is 3.69. The smallest absolute Gasteiger partial charge is 0.414 e. The first-order valence-corrected chi connectivity index (χ1v) is 10.4. The molecule has 8 heteroatoms. The molecule has 1 aliphatic heterocycles. The van der Waals surface area contributed by atoms with Gasteiger partial charge in [0.05, 0.1) is 29.9 Å². The molecule has 3 rings (SSSR count). The van der Waals surface area contributed by atoms with Crippen molar-refractivity contribution in [3.63, 3.8) is 0 Å². The highest BCUT2D eigenvalue weighted by molar-refractivity contribution is 7.92. The molecule has 0 spiro atoms. The van der Waals surface area contributed by atoms with Gasteiger partial charge in [-0.2, -0.15) is 0 Å². The summed E-state index contributed by atoms with van der Waals surface area (Å²) in [4.78, 5) is 13.6. The van der Waals surface area contributed by atoms with Gasteiger partial charge in [0.25, 0.3) is 10.0 Å². The van der Waals surface area contributed by atoms with Crippen LogP contribution in [0, 0.1) is 27.7 Å². The van der Waals surface area contributed by atoms with Crippen LogP contribution >= 0.6 is 0 Å². The van der Waals surface area contributed by atoms with Crippen LogP contribution in [0.1, 0.15) is 22.3 Å². The van der Waals surface area contributed by atoms with E-state index in [-0.39, 0.29) is 4.90 Å². The molecule has 28 heavy (non-hydrogen) atoms. The zero-order valence-electron chi connectivity index (χ0n) is 16.6. The summed E-state index contributed by atoms with van der Waals surface area (Å²) in [5.41, 5.74) is 4.17. The Kier molecular flexibility index (Phi) is 5.25. The first-order valence-electron chi connectivity index (χ1n) is 8.88. The first-order chi connectivity index (χ1) is 13.2. The third kappa shape index (κ3) is 3.52. The summed E-state index contributed by atoms with van der Waals surface area (Å²) >= 11 is 0. The van der Waals surface area contributed by atoms with Gasteiger partial charge < -0.3 is 9.47 Å². The van der Waals surface area contributed by atoms with Gasteiger partial charge >= 0.3 is 6.09 Å². The van der Waals surface area contributed by atoms with Gasteiger partial charge in [-0.25, -0.2) is 13.2 Å². The molecule has 1 heterocycles. The molecule has 1 saturated heterocycles. The largest absolute Gasteiger partial charge is 0.494 e. The summed E-state index contributed by atoms with van der Waals surface area (Å²) in [6.07, 6.45) is -0.451. The predicted molar refractivity (Wildman–Crippen MR) is 108 cm³/mol. The number of anilines is 2. The minimum atomic E-state index is -3.80. The Bertz CT molecular complexity index is 1020. The van der Waals surface area contributed by atoms with Crippen molar-refractivity contribution in [1.82, 2.24) is 0 Å². The second kappa shape index (κ2) is 7.35. The van der Waals surface area contributed by atoms with Gasteiger partial charge in [-0.15, -0.1) is 0 Å². The van der Waals surface area contributed by atoms with Gasteiger partial charge in [-0.1, -0.05) is 6.07 Å². The molecular weight excluding hydrogens is 380 g/mol. The Balaban J connectivity index is 1.99. The van der Waals surface area contributed by atoms with E-state index in [0.717, 1.165) is 22.3 Å². The molecule has 0 bridgehead atoms. The van der Waals surface area contributed by atoms with Gasteiger partial charge in [0, 0.05) is 6.07 Å². The van der Waals surface area contributed by atoms with Crippen molar-refractivity contribution in [3.05, 3.63) is 46.5 Å². The number of benzene rings is 2. The third-order valence-corrected chi connectivity index (χ3v) is 6.70. The fourth-order valence-electron chi connectivity index (χ4n) is 3.37. The second-order valence-corrected chi connectivity index (χ2v) is 8.47. The first kappa shape index (κ1) is 20.0. The molecule has 1 fully saturated rings. The number of ether oxygens (including phenoxy) is 2. The van der Waals surface area contributed by atoms with E-state index < -0.39 is 16.1 Å². The molecule has 0 saturated carbocycles. The number of aryl methyl sites for hydroxylation is 2. The van der Waals surface area contributed by atoms with Crippen LogP contribution in [-0.4, -0.2) is 34.8 Å². The number of amides is 1. The zero-order valence-corrected chi connectivity index (χ0v) is 17.4. The van der Waals surface area contributed by atoms with Crippen molar-refractivity contribution in [2.24, 2.45) is 0 Å². The zero-order chi connectivity index (χ0) is 20.6. The van der Waals surface area contributed by atoms with Crippen molar-refractivity contribution in [1.29, 1.82) is 0 Å². The lowest BCUT2D eigenvalue weighted by Gasteiger charge is -2.19. The maximum atomic E-state index is 13.1. The molecule has 150 valence electrons. The lowest BCUT2D eigenvalue weighted by Crippen LogP contribution is -2.24. The maximum Gasteiger partial charge on any atom is 0.414 e. The molecule has 0 aliphatic carbocycles. The molecule has 1 aliphatic rings. The highest BCUT2D eigenvalue weighted by atomic mass is 32.2. The molecule has 0 atom stereocenters. The number of nitrogens with one attached hydrogen (secondary N) is 1. The Morgan fingerprint density at radius 3 is 2.25 bits per heavy atom. The number of methoxy groups -OCH3 is 1. The average molecular weight is 404 g/mol. The Morgan fingerprint density at radius 2 is 1.71 bits per heavy atom. The number of rotatable bonds is 5. The molecule has 0 unspecified atom stereocenters. The van der Waals surface area contributed by atoms with Crippen molar-refractivity contribution >= 4 is 27.5 Å². The van der Waals surface area contributed by atoms with Crippen LogP contribution in [0.3, 0.4) is 0 Å². The van der Waals surface area contributed by atoms with E-state index in [1.165, 1.54) is 12.0 Å². The van der Waals surface area contributed by atoms with E-state index in [2.05, 4.69) is 4.72 Å². The lowest BCUT2D eigenvalue weighted by atomic mass is 10.0. The van der Waals surface area contributed by atoms with Gasteiger partial charge in [0.2, 0.25) is 0 Å². The van der Waals surface area contributed by atoms with Gasteiger partial charge in [-0.05, 0) is 62.1 Å². The van der Waals surface area contributed by atoms with Crippen molar-refractivity contribution in [2.75, 3.05) is 29.9 Å². The molecule has 1 amide bonds. The molecule has 7 nitrogen and oxygen atoms in total. The van der Waals surface area contributed by atoms with Crippen LogP contribution in [0.25, 0.3) is 0 Å². The third-order valence-electron chi connectivity index (χ3n) is 5.05. The Morgan fingerprint density at radius 1 is 1.07 bits per heavy atom. The fraction of sp³-hybridized carbons (Fsp3) is 0.350. The number of nitrogens with zero attached hydrogens (tertiary/aromatic N) is 1. The second-order valence-electron chi connectivity index (χ2n) is 6.85. The highest BCUT2D eigenvalue weighted by Gasteiger charge is 2.27.